The molecule has 0 spiro atoms. The van der Waals surface area contributed by atoms with E-state index in [9.17, 15) is 0 Å². The number of aromatic nitrogens is 1. The third kappa shape index (κ3) is 4.22. The summed E-state index contributed by atoms with van der Waals surface area (Å²) in [5.74, 6) is 0. The van der Waals surface area contributed by atoms with Crippen LogP contribution in [0, 0.1) is 0 Å². The molecule has 0 amide bonds. The fraction of sp³-hybridized carbons (Fsp3) is 0.300. The van der Waals surface area contributed by atoms with Crippen molar-refractivity contribution in [3.8, 4) is 0 Å². The summed E-state index contributed by atoms with van der Waals surface area (Å²) in [6, 6.07) is 3.98. The average Bonchev–Trinajstić information content (AvgIpc) is 2.14. The first kappa shape index (κ1) is 13.6. The lowest BCUT2D eigenvalue weighted by atomic mass is 10.0. The number of pyridine rings is 1. The first-order valence-electron chi connectivity index (χ1n) is 4.22. The molecule has 1 atom stereocenters. The fourth-order valence-corrected chi connectivity index (χ4v) is 1.49. The van der Waals surface area contributed by atoms with Crippen LogP contribution < -0.4 is 5.73 Å². The van der Waals surface area contributed by atoms with Crippen LogP contribution in [-0.2, 0) is 0 Å². The van der Waals surface area contributed by atoms with Crippen LogP contribution in [0.3, 0.4) is 0 Å². The van der Waals surface area contributed by atoms with Crippen LogP contribution in [-0.4, -0.2) is 4.98 Å². The topological polar surface area (TPSA) is 38.9 Å². The summed E-state index contributed by atoms with van der Waals surface area (Å²) in [6.07, 6.45) is 5.52. The molecule has 0 unspecified atom stereocenters. The van der Waals surface area contributed by atoms with Crippen LogP contribution in [0.4, 0.5) is 0 Å². The second kappa shape index (κ2) is 6.98. The number of allylic oxidation sites excluding steroid dienone is 1. The molecule has 2 N–H and O–H groups in total. The van der Waals surface area contributed by atoms with Crippen molar-refractivity contribution in [2.75, 3.05) is 0 Å². The molecule has 78 valence electrons. The molecule has 0 radical (unpaired) electrons. The Bertz CT molecular complexity index is 291. The van der Waals surface area contributed by atoms with Crippen molar-refractivity contribution in [1.29, 1.82) is 0 Å². The molecule has 2 nitrogen and oxygen atoms in total. The van der Waals surface area contributed by atoms with Gasteiger partial charge < -0.3 is 5.73 Å². The molecule has 0 aliphatic carbocycles. The predicted octanol–water partition coefficient (Wildman–Crippen LogP) is 3.23. The van der Waals surface area contributed by atoms with Crippen LogP contribution in [0.25, 0.3) is 0 Å². The van der Waals surface area contributed by atoms with Gasteiger partial charge in [0.15, 0.2) is 0 Å². The van der Waals surface area contributed by atoms with Gasteiger partial charge >= 0.3 is 0 Å². The monoisotopic (exact) mass is 276 g/mol. The van der Waals surface area contributed by atoms with Crippen molar-refractivity contribution in [2.45, 2.75) is 18.9 Å². The van der Waals surface area contributed by atoms with E-state index in [4.69, 9.17) is 5.73 Å². The van der Waals surface area contributed by atoms with Gasteiger partial charge in [-0.2, -0.15) is 0 Å². The highest BCUT2D eigenvalue weighted by Gasteiger charge is 2.04. The van der Waals surface area contributed by atoms with Crippen LogP contribution >= 0.6 is 28.3 Å². The largest absolute Gasteiger partial charge is 0.324 e. The SMILES string of the molecule is C=CCC[C@@H](N)c1ccnc(Br)c1.Cl. The minimum atomic E-state index is 0. The van der Waals surface area contributed by atoms with Crippen LogP contribution in [0.1, 0.15) is 24.4 Å². The van der Waals surface area contributed by atoms with Gasteiger partial charge in [-0.05, 0) is 46.5 Å². The second-order valence-electron chi connectivity index (χ2n) is 2.88. The van der Waals surface area contributed by atoms with Gasteiger partial charge in [0.2, 0.25) is 0 Å². The summed E-state index contributed by atoms with van der Waals surface area (Å²) in [5.41, 5.74) is 7.07. The molecule has 1 rings (SSSR count). The molecule has 1 aromatic rings. The highest BCUT2D eigenvalue weighted by Crippen LogP contribution is 2.18. The van der Waals surface area contributed by atoms with Crippen LogP contribution in [0.5, 0.6) is 0 Å². The molecular formula is C10H14BrClN2. The van der Waals surface area contributed by atoms with Crippen molar-refractivity contribution in [1.82, 2.24) is 4.98 Å². The standard InChI is InChI=1S/C10H13BrN2.ClH/c1-2-3-4-9(12)8-5-6-13-10(11)7-8;/h2,5-7,9H,1,3-4,12H2;1H/t9-;/m1./s1. The normalized spacial score (nSPS) is 11.6. The van der Waals surface area contributed by atoms with E-state index in [-0.39, 0.29) is 18.4 Å². The van der Waals surface area contributed by atoms with Crippen molar-refractivity contribution >= 4 is 28.3 Å². The molecular weight excluding hydrogens is 263 g/mol. The van der Waals surface area contributed by atoms with Crippen molar-refractivity contribution in [3.05, 3.63) is 41.2 Å². The molecule has 1 aromatic heterocycles. The molecule has 14 heavy (non-hydrogen) atoms. The van der Waals surface area contributed by atoms with Gasteiger partial charge in [0.05, 0.1) is 0 Å². The van der Waals surface area contributed by atoms with E-state index >= 15 is 0 Å². The molecule has 0 fully saturated rings. The van der Waals surface area contributed by atoms with Crippen molar-refractivity contribution < 1.29 is 0 Å². The van der Waals surface area contributed by atoms with Gasteiger partial charge in [-0.15, -0.1) is 19.0 Å². The molecule has 0 aliphatic rings. The fourth-order valence-electron chi connectivity index (χ4n) is 1.11. The summed E-state index contributed by atoms with van der Waals surface area (Å²) in [7, 11) is 0. The van der Waals surface area contributed by atoms with Gasteiger partial charge in [-0.25, -0.2) is 4.98 Å². The average molecular weight is 278 g/mol. The molecule has 0 saturated carbocycles. The Labute approximate surface area is 99.1 Å². The van der Waals surface area contributed by atoms with Gasteiger partial charge in [0.1, 0.15) is 4.60 Å². The van der Waals surface area contributed by atoms with Crippen LogP contribution in [0.15, 0.2) is 35.6 Å². The maximum absolute atomic E-state index is 5.95. The second-order valence-corrected chi connectivity index (χ2v) is 3.70. The van der Waals surface area contributed by atoms with E-state index in [1.165, 1.54) is 0 Å². The Kier molecular flexibility index (Phi) is 6.79. The van der Waals surface area contributed by atoms with Crippen molar-refractivity contribution in [3.63, 3.8) is 0 Å². The van der Waals surface area contributed by atoms with E-state index in [0.29, 0.717) is 0 Å². The molecule has 4 heteroatoms. The van der Waals surface area contributed by atoms with Gasteiger partial charge in [-0.3, -0.25) is 0 Å². The van der Waals surface area contributed by atoms with Crippen LogP contribution in [0.2, 0.25) is 0 Å². The van der Waals surface area contributed by atoms with E-state index in [2.05, 4.69) is 27.5 Å². The number of nitrogens with two attached hydrogens (primary N) is 1. The van der Waals surface area contributed by atoms with Gasteiger partial charge in [0, 0.05) is 12.2 Å². The Morgan fingerprint density at radius 2 is 2.36 bits per heavy atom. The molecule has 0 aromatic carbocycles. The number of halogens is 2. The lowest BCUT2D eigenvalue weighted by Crippen LogP contribution is -2.09. The lowest BCUT2D eigenvalue weighted by Gasteiger charge is -2.10. The molecule has 0 bridgehead atoms. The summed E-state index contributed by atoms with van der Waals surface area (Å²) in [6.45, 7) is 3.67. The predicted molar refractivity (Wildman–Crippen MR) is 65.5 cm³/mol. The number of nitrogens with zero attached hydrogens (tertiary/aromatic N) is 1. The lowest BCUT2D eigenvalue weighted by molar-refractivity contribution is 0.660. The van der Waals surface area contributed by atoms with E-state index in [0.717, 1.165) is 23.0 Å². The number of rotatable bonds is 4. The zero-order valence-electron chi connectivity index (χ0n) is 7.82. The summed E-state index contributed by atoms with van der Waals surface area (Å²) >= 11 is 3.31. The van der Waals surface area contributed by atoms with Crippen molar-refractivity contribution in [2.24, 2.45) is 5.73 Å². The maximum Gasteiger partial charge on any atom is 0.106 e. The molecule has 0 aliphatic heterocycles. The minimum absolute atomic E-state index is 0. The third-order valence-electron chi connectivity index (χ3n) is 1.86. The quantitative estimate of drug-likeness (QED) is 0.678. The zero-order valence-corrected chi connectivity index (χ0v) is 10.2. The summed E-state index contributed by atoms with van der Waals surface area (Å²) < 4.78 is 0.832. The molecule has 0 saturated heterocycles. The highest BCUT2D eigenvalue weighted by molar-refractivity contribution is 9.10. The highest BCUT2D eigenvalue weighted by atomic mass is 79.9. The minimum Gasteiger partial charge on any atom is -0.324 e. The zero-order chi connectivity index (χ0) is 9.68. The Morgan fingerprint density at radius 1 is 1.64 bits per heavy atom. The van der Waals surface area contributed by atoms with Gasteiger partial charge in [0.25, 0.3) is 0 Å². The smallest absolute Gasteiger partial charge is 0.106 e. The Morgan fingerprint density at radius 3 is 2.93 bits per heavy atom. The van der Waals surface area contributed by atoms with Gasteiger partial charge in [-0.1, -0.05) is 6.08 Å². The Balaban J connectivity index is 0.00000169. The maximum atomic E-state index is 5.95. The number of hydrogen-bond donors (Lipinski definition) is 1. The Hall–Kier alpha value is -0.380. The molecule has 1 heterocycles. The third-order valence-corrected chi connectivity index (χ3v) is 2.29. The van der Waals surface area contributed by atoms with E-state index < -0.39 is 0 Å². The first-order chi connectivity index (χ1) is 6.24. The van der Waals surface area contributed by atoms with E-state index in [1.807, 2.05) is 18.2 Å². The summed E-state index contributed by atoms with van der Waals surface area (Å²) in [4.78, 5) is 4.04. The summed E-state index contributed by atoms with van der Waals surface area (Å²) in [5, 5.41) is 0. The first-order valence-corrected chi connectivity index (χ1v) is 5.01. The number of hydrogen-bond acceptors (Lipinski definition) is 2. The van der Waals surface area contributed by atoms with E-state index in [1.54, 1.807) is 6.20 Å².